The third-order valence-electron chi connectivity index (χ3n) is 4.20. The number of phenols is 1. The highest BCUT2D eigenvalue weighted by atomic mass is 32.2. The molecular formula is C23H22O4S2. The zero-order valence-electron chi connectivity index (χ0n) is 16.5. The van der Waals surface area contributed by atoms with Gasteiger partial charge in [0.25, 0.3) is 0 Å². The summed E-state index contributed by atoms with van der Waals surface area (Å²) in [5.74, 6) is 0.173. The van der Waals surface area contributed by atoms with Crippen LogP contribution in [0.15, 0.2) is 80.2 Å². The van der Waals surface area contributed by atoms with E-state index >= 15 is 0 Å². The van der Waals surface area contributed by atoms with Crippen LogP contribution in [-0.2, 0) is 4.74 Å². The highest BCUT2D eigenvalue weighted by Crippen LogP contribution is 2.44. The second kappa shape index (κ2) is 9.76. The lowest BCUT2D eigenvalue weighted by Crippen LogP contribution is -2.06. The molecule has 0 saturated carbocycles. The number of esters is 1. The van der Waals surface area contributed by atoms with E-state index in [4.69, 9.17) is 9.47 Å². The monoisotopic (exact) mass is 426 g/mol. The maximum absolute atomic E-state index is 12.5. The highest BCUT2D eigenvalue weighted by molar-refractivity contribution is 8.00. The molecule has 29 heavy (non-hydrogen) atoms. The fourth-order valence-corrected chi connectivity index (χ4v) is 4.71. The van der Waals surface area contributed by atoms with Crippen LogP contribution in [0.25, 0.3) is 0 Å². The third kappa shape index (κ3) is 5.08. The van der Waals surface area contributed by atoms with Gasteiger partial charge < -0.3 is 14.6 Å². The maximum Gasteiger partial charge on any atom is 0.341 e. The Morgan fingerprint density at radius 3 is 2.28 bits per heavy atom. The molecule has 0 spiro atoms. The van der Waals surface area contributed by atoms with E-state index in [1.807, 2.05) is 61.5 Å². The van der Waals surface area contributed by atoms with Crippen LogP contribution in [0.2, 0.25) is 0 Å². The summed E-state index contributed by atoms with van der Waals surface area (Å²) in [6, 6.07) is 19.2. The summed E-state index contributed by atoms with van der Waals surface area (Å²) in [6.07, 6.45) is 0. The SMILES string of the molecule is CCOC(=O)c1cc(Sc2ccccc2)c(C)c(Sc2ccc(OC)cc2)c1O. The molecule has 0 heterocycles. The molecule has 4 nitrogen and oxygen atoms in total. The minimum absolute atomic E-state index is 0.0563. The van der Waals surface area contributed by atoms with E-state index in [-0.39, 0.29) is 17.9 Å². The molecule has 0 saturated heterocycles. The number of methoxy groups -OCH3 is 1. The standard InChI is InChI=1S/C23H22O4S2/c1-4-27-23(25)19-14-20(28-17-8-6-5-7-9-17)15(2)22(21(19)24)29-18-12-10-16(26-3)11-13-18/h5-14,24H,4H2,1-3H3. The molecule has 0 amide bonds. The van der Waals surface area contributed by atoms with Crippen LogP contribution in [0.4, 0.5) is 0 Å². The van der Waals surface area contributed by atoms with Gasteiger partial charge in [-0.25, -0.2) is 4.79 Å². The molecule has 0 radical (unpaired) electrons. The predicted molar refractivity (Wildman–Crippen MR) is 116 cm³/mol. The van der Waals surface area contributed by atoms with Gasteiger partial charge in [0, 0.05) is 14.7 Å². The van der Waals surface area contributed by atoms with Crippen LogP contribution in [-0.4, -0.2) is 24.8 Å². The van der Waals surface area contributed by atoms with Crippen molar-refractivity contribution in [2.45, 2.75) is 33.4 Å². The van der Waals surface area contributed by atoms with Crippen molar-refractivity contribution in [3.63, 3.8) is 0 Å². The Morgan fingerprint density at radius 2 is 1.66 bits per heavy atom. The number of hydrogen-bond donors (Lipinski definition) is 1. The van der Waals surface area contributed by atoms with E-state index in [9.17, 15) is 9.90 Å². The second-order valence-electron chi connectivity index (χ2n) is 6.14. The van der Waals surface area contributed by atoms with Gasteiger partial charge in [-0.1, -0.05) is 41.7 Å². The summed E-state index contributed by atoms with van der Waals surface area (Å²) in [5.41, 5.74) is 1.08. The van der Waals surface area contributed by atoms with Crippen LogP contribution >= 0.6 is 23.5 Å². The molecular weight excluding hydrogens is 404 g/mol. The van der Waals surface area contributed by atoms with Crippen molar-refractivity contribution < 1.29 is 19.4 Å². The van der Waals surface area contributed by atoms with E-state index in [2.05, 4.69) is 0 Å². The number of aromatic hydroxyl groups is 1. The normalized spacial score (nSPS) is 10.6. The first-order valence-corrected chi connectivity index (χ1v) is 10.7. The molecule has 0 atom stereocenters. The molecule has 0 aliphatic rings. The molecule has 0 aromatic heterocycles. The topological polar surface area (TPSA) is 55.8 Å². The van der Waals surface area contributed by atoms with Gasteiger partial charge in [-0.3, -0.25) is 0 Å². The minimum Gasteiger partial charge on any atom is -0.506 e. The Kier molecular flexibility index (Phi) is 7.12. The lowest BCUT2D eigenvalue weighted by molar-refractivity contribution is 0.0522. The average molecular weight is 427 g/mol. The molecule has 0 aliphatic carbocycles. The highest BCUT2D eigenvalue weighted by Gasteiger charge is 2.22. The lowest BCUT2D eigenvalue weighted by Gasteiger charge is -2.16. The zero-order chi connectivity index (χ0) is 20.8. The van der Waals surface area contributed by atoms with E-state index in [1.54, 1.807) is 31.9 Å². The van der Waals surface area contributed by atoms with Crippen LogP contribution in [0, 0.1) is 6.92 Å². The summed E-state index contributed by atoms with van der Waals surface area (Å²) in [6.45, 7) is 3.94. The summed E-state index contributed by atoms with van der Waals surface area (Å²) in [4.78, 5) is 16.0. The minimum atomic E-state index is -0.531. The first kappa shape index (κ1) is 21.1. The average Bonchev–Trinajstić information content (AvgIpc) is 2.74. The number of carbonyl (C=O) groups is 1. The first-order valence-electron chi connectivity index (χ1n) is 9.12. The van der Waals surface area contributed by atoms with Crippen LogP contribution in [0.5, 0.6) is 11.5 Å². The number of benzene rings is 3. The van der Waals surface area contributed by atoms with Crippen molar-refractivity contribution in [2.75, 3.05) is 13.7 Å². The molecule has 6 heteroatoms. The Bertz CT molecular complexity index is 986. The van der Waals surface area contributed by atoms with Gasteiger partial charge in [0.1, 0.15) is 17.1 Å². The van der Waals surface area contributed by atoms with Gasteiger partial charge in [0.2, 0.25) is 0 Å². The number of phenolic OH excluding ortho intramolecular Hbond substituents is 1. The molecule has 3 rings (SSSR count). The van der Waals surface area contributed by atoms with E-state index in [1.165, 1.54) is 11.8 Å². The quantitative estimate of drug-likeness (QED) is 0.455. The van der Waals surface area contributed by atoms with Gasteiger partial charge in [-0.05, 0) is 61.9 Å². The van der Waals surface area contributed by atoms with E-state index < -0.39 is 5.97 Å². The van der Waals surface area contributed by atoms with Gasteiger partial charge in [-0.15, -0.1) is 0 Å². The van der Waals surface area contributed by atoms with Crippen molar-refractivity contribution >= 4 is 29.5 Å². The molecule has 0 aliphatic heterocycles. The fourth-order valence-electron chi connectivity index (χ4n) is 2.69. The number of hydrogen-bond acceptors (Lipinski definition) is 6. The zero-order valence-corrected chi connectivity index (χ0v) is 18.1. The molecule has 3 aromatic carbocycles. The van der Waals surface area contributed by atoms with Crippen molar-refractivity contribution in [3.05, 3.63) is 71.8 Å². The van der Waals surface area contributed by atoms with Crippen LogP contribution in [0.3, 0.4) is 0 Å². The lowest BCUT2D eigenvalue weighted by atomic mass is 10.1. The van der Waals surface area contributed by atoms with Crippen molar-refractivity contribution in [2.24, 2.45) is 0 Å². The third-order valence-corrected chi connectivity index (χ3v) is 6.56. The van der Waals surface area contributed by atoms with Gasteiger partial charge in [-0.2, -0.15) is 0 Å². The van der Waals surface area contributed by atoms with Crippen molar-refractivity contribution in [3.8, 4) is 11.5 Å². The number of carbonyl (C=O) groups excluding carboxylic acids is 1. The molecule has 0 unspecified atom stereocenters. The summed E-state index contributed by atoms with van der Waals surface area (Å²) in [5, 5.41) is 10.9. The summed E-state index contributed by atoms with van der Waals surface area (Å²) in [7, 11) is 1.62. The Balaban J connectivity index is 2.05. The Morgan fingerprint density at radius 1 is 1.00 bits per heavy atom. The summed E-state index contributed by atoms with van der Waals surface area (Å²) < 4.78 is 10.4. The van der Waals surface area contributed by atoms with Crippen LogP contribution < -0.4 is 4.74 Å². The smallest absolute Gasteiger partial charge is 0.341 e. The van der Waals surface area contributed by atoms with E-state index in [0.29, 0.717) is 4.90 Å². The largest absolute Gasteiger partial charge is 0.506 e. The predicted octanol–water partition coefficient (Wildman–Crippen LogP) is 6.19. The van der Waals surface area contributed by atoms with Gasteiger partial charge >= 0.3 is 5.97 Å². The first-order chi connectivity index (χ1) is 14.0. The van der Waals surface area contributed by atoms with Crippen molar-refractivity contribution in [1.82, 2.24) is 0 Å². The molecule has 0 fully saturated rings. The summed E-state index contributed by atoms with van der Waals surface area (Å²) >= 11 is 2.96. The molecule has 1 N–H and O–H groups in total. The van der Waals surface area contributed by atoms with Gasteiger partial charge in [0.05, 0.1) is 18.6 Å². The van der Waals surface area contributed by atoms with Crippen molar-refractivity contribution in [1.29, 1.82) is 0 Å². The maximum atomic E-state index is 12.5. The Hall–Kier alpha value is -2.57. The van der Waals surface area contributed by atoms with E-state index in [0.717, 1.165) is 26.0 Å². The molecule has 150 valence electrons. The second-order valence-corrected chi connectivity index (χ2v) is 8.34. The van der Waals surface area contributed by atoms with Crippen LogP contribution in [0.1, 0.15) is 22.8 Å². The van der Waals surface area contributed by atoms with Gasteiger partial charge in [0.15, 0.2) is 0 Å². The fraction of sp³-hybridized carbons (Fsp3) is 0.174. The number of rotatable bonds is 7. The Labute approximate surface area is 179 Å². The molecule has 0 bridgehead atoms. The number of ether oxygens (including phenoxy) is 2. The molecule has 3 aromatic rings.